The Balaban J connectivity index is 2.23. The van der Waals surface area contributed by atoms with Crippen LogP contribution in [0.4, 0.5) is 167 Å². The molecular formula is C32H14F38N2O4. The van der Waals surface area contributed by atoms with Crippen LogP contribution in [0.3, 0.4) is 0 Å². The van der Waals surface area contributed by atoms with Crippen molar-refractivity contribution in [2.75, 3.05) is 26.8 Å². The van der Waals surface area contributed by atoms with Crippen molar-refractivity contribution in [1.82, 2.24) is 9.97 Å². The molecule has 0 aliphatic carbocycles. The summed E-state index contributed by atoms with van der Waals surface area (Å²) in [6.45, 7) is -11.1. The van der Waals surface area contributed by atoms with Crippen molar-refractivity contribution in [2.24, 2.45) is 0 Å². The van der Waals surface area contributed by atoms with Gasteiger partial charge in [0.15, 0.2) is 13.6 Å². The zero-order valence-electron chi connectivity index (χ0n) is 34.2. The first-order chi connectivity index (χ1) is 33.1. The average molecular weight is 1210 g/mol. The minimum absolute atomic E-state index is 0.481. The molecule has 0 aliphatic rings. The third-order valence-corrected chi connectivity index (χ3v) is 9.27. The van der Waals surface area contributed by atoms with E-state index in [0.29, 0.717) is 36.7 Å². The molecule has 442 valence electrons. The van der Waals surface area contributed by atoms with Crippen molar-refractivity contribution in [3.8, 4) is 22.9 Å². The zero-order chi connectivity index (χ0) is 60.6. The van der Waals surface area contributed by atoms with Crippen molar-refractivity contribution in [3.63, 3.8) is 0 Å². The van der Waals surface area contributed by atoms with E-state index in [1.165, 1.54) is 0 Å². The maximum atomic E-state index is 14.1. The number of ether oxygens (including phenoxy) is 4. The maximum absolute atomic E-state index is 14.1. The van der Waals surface area contributed by atoms with E-state index >= 15 is 0 Å². The summed E-state index contributed by atoms with van der Waals surface area (Å²) in [6.07, 6.45) is -15.1. The largest absolute Gasteiger partial charge is 0.467 e. The Morgan fingerprint density at radius 1 is 0.276 bits per heavy atom. The van der Waals surface area contributed by atoms with Crippen LogP contribution in [0.5, 0.6) is 11.5 Å². The Hall–Kier alpha value is -4.84. The molecule has 0 saturated heterocycles. The molecule has 44 heteroatoms. The Morgan fingerprint density at radius 3 is 0.684 bits per heavy atom. The molecule has 0 spiro atoms. The Morgan fingerprint density at radius 2 is 0.474 bits per heavy atom. The van der Waals surface area contributed by atoms with Crippen molar-refractivity contribution < 1.29 is 186 Å². The highest BCUT2D eigenvalue weighted by atomic mass is 19.4. The number of hydrogen-bond donors (Lipinski definition) is 0. The van der Waals surface area contributed by atoms with Gasteiger partial charge in [-0.2, -0.15) is 167 Å². The predicted molar refractivity (Wildman–Crippen MR) is 162 cm³/mol. The highest BCUT2D eigenvalue weighted by Crippen LogP contribution is 2.67. The highest BCUT2D eigenvalue weighted by Gasteiger charge is 2.98. The highest BCUT2D eigenvalue weighted by molar-refractivity contribution is 5.57. The average Bonchev–Trinajstić information content (AvgIpc) is 3.25. The van der Waals surface area contributed by atoms with E-state index in [4.69, 9.17) is 0 Å². The number of nitrogens with zero attached hydrogens (tertiary/aromatic N) is 2. The van der Waals surface area contributed by atoms with Gasteiger partial charge in [-0.05, 0) is 12.1 Å². The van der Waals surface area contributed by atoms with Crippen molar-refractivity contribution in [3.05, 3.63) is 36.7 Å². The molecule has 0 aromatic carbocycles. The first-order valence-electron chi connectivity index (χ1n) is 17.6. The van der Waals surface area contributed by atoms with Gasteiger partial charge < -0.3 is 18.9 Å². The minimum Gasteiger partial charge on any atom is -0.467 e. The molecule has 0 amide bonds. The summed E-state index contributed by atoms with van der Waals surface area (Å²) in [5.41, 5.74) is -1.37. The summed E-state index contributed by atoms with van der Waals surface area (Å²) in [5, 5.41) is 0. The molecule has 6 nitrogen and oxygen atoms in total. The lowest BCUT2D eigenvalue weighted by Crippen LogP contribution is -2.76. The fourth-order valence-electron chi connectivity index (χ4n) is 4.81. The fourth-order valence-corrected chi connectivity index (χ4v) is 4.81. The zero-order valence-corrected chi connectivity index (χ0v) is 34.2. The van der Waals surface area contributed by atoms with Crippen LogP contribution in [0.2, 0.25) is 0 Å². The molecule has 76 heavy (non-hydrogen) atoms. The van der Waals surface area contributed by atoms with Crippen molar-refractivity contribution in [1.29, 1.82) is 0 Å². The normalized spacial score (nSPS) is 15.8. The molecule has 2 aromatic heterocycles. The summed E-state index contributed by atoms with van der Waals surface area (Å²) in [5.74, 6) is -140. The summed E-state index contributed by atoms with van der Waals surface area (Å²) >= 11 is 0. The molecule has 0 fully saturated rings. The second kappa shape index (κ2) is 19.5. The number of rotatable bonds is 25. The smallest absolute Gasteiger partial charge is 0.460 e. The van der Waals surface area contributed by atoms with Gasteiger partial charge in [0, 0.05) is 24.5 Å². The van der Waals surface area contributed by atoms with Gasteiger partial charge in [-0.3, -0.25) is 9.97 Å². The van der Waals surface area contributed by atoms with Gasteiger partial charge in [0.25, 0.3) is 0 Å². The van der Waals surface area contributed by atoms with Crippen LogP contribution in [0, 0.1) is 0 Å². The van der Waals surface area contributed by atoms with E-state index < -0.39 is 157 Å². The quantitative estimate of drug-likeness (QED) is 0.0561. The molecule has 0 atom stereocenters. The van der Waals surface area contributed by atoms with Gasteiger partial charge in [-0.1, -0.05) is 0 Å². The summed E-state index contributed by atoms with van der Waals surface area (Å²) in [7, 11) is 0. The first kappa shape index (κ1) is 67.3. The molecule has 2 heterocycles. The third kappa shape index (κ3) is 10.0. The maximum Gasteiger partial charge on any atom is 0.460 e. The van der Waals surface area contributed by atoms with E-state index in [9.17, 15) is 167 Å². The molecule has 2 aromatic rings. The van der Waals surface area contributed by atoms with Gasteiger partial charge in [0.05, 0.1) is 11.4 Å². The van der Waals surface area contributed by atoms with E-state index in [2.05, 4.69) is 28.9 Å². The molecule has 0 bridgehead atoms. The lowest BCUT2D eigenvalue weighted by atomic mass is 9.87. The van der Waals surface area contributed by atoms with E-state index in [1.807, 2.05) is 0 Å². The van der Waals surface area contributed by atoms with Crippen LogP contribution in [0.1, 0.15) is 0 Å². The number of alkyl halides is 38. The Labute approximate surface area is 390 Å². The van der Waals surface area contributed by atoms with Crippen LogP contribution < -0.4 is 9.47 Å². The molecule has 0 saturated carbocycles. The van der Waals surface area contributed by atoms with E-state index in [0.717, 1.165) is 0 Å². The molecule has 0 unspecified atom stereocenters. The van der Waals surface area contributed by atoms with Gasteiger partial charge in [-0.25, -0.2) is 0 Å². The number of hydrogen-bond acceptors (Lipinski definition) is 6. The molecule has 2 rings (SSSR count). The predicted octanol–water partition coefficient (Wildman–Crippen LogP) is 14.1. The summed E-state index contributed by atoms with van der Waals surface area (Å²) < 4.78 is 530. The second-order valence-electron chi connectivity index (χ2n) is 14.4. The number of aromatic nitrogens is 2. The van der Waals surface area contributed by atoms with Gasteiger partial charge >= 0.3 is 107 Å². The van der Waals surface area contributed by atoms with Crippen LogP contribution in [-0.2, 0) is 9.47 Å². The summed E-state index contributed by atoms with van der Waals surface area (Å²) in [4.78, 5) is 7.00. The third-order valence-electron chi connectivity index (χ3n) is 9.27. The molecular weight excluding hydrogens is 1200 g/mol. The van der Waals surface area contributed by atoms with Gasteiger partial charge in [0.2, 0.25) is 0 Å². The van der Waals surface area contributed by atoms with Crippen molar-refractivity contribution in [2.45, 2.75) is 107 Å². The van der Waals surface area contributed by atoms with Crippen molar-refractivity contribution >= 4 is 0 Å². The van der Waals surface area contributed by atoms with E-state index in [1.54, 1.807) is 0 Å². The molecule has 0 N–H and O–H groups in total. The second-order valence-corrected chi connectivity index (χ2v) is 14.4. The Bertz CT molecular complexity index is 2160. The first-order valence-corrected chi connectivity index (χ1v) is 17.6. The summed E-state index contributed by atoms with van der Waals surface area (Å²) in [6, 6.07) is 2.09. The van der Waals surface area contributed by atoms with Crippen LogP contribution in [0.25, 0.3) is 11.4 Å². The number of pyridine rings is 2. The monoisotopic (exact) mass is 1210 g/mol. The van der Waals surface area contributed by atoms with Crippen LogP contribution >= 0.6 is 0 Å². The SMILES string of the molecule is FC(F)(F)C(F)(F)C(F)(F)C(F)(F)C(F)(F)C(F)(F)C(F)(F)C(F)(F)C(F)(F)COCOc1ccnc(-c2cc(OCOCC(F)(F)C(F)(F)C(F)(F)C(F)(F)C(F)(F)C(F)(F)C(F)(F)C(F)(F)C(F)(F)F)ccn2)c1. The minimum atomic E-state index is -9.20. The fraction of sp³-hybridized carbons (Fsp3) is 0.688. The number of halogens is 38. The topological polar surface area (TPSA) is 62.7 Å². The molecule has 0 radical (unpaired) electrons. The van der Waals surface area contributed by atoms with Gasteiger partial charge in [-0.15, -0.1) is 0 Å². The van der Waals surface area contributed by atoms with Crippen LogP contribution in [-0.4, -0.2) is 144 Å². The van der Waals surface area contributed by atoms with Crippen LogP contribution in [0.15, 0.2) is 36.7 Å². The van der Waals surface area contributed by atoms with E-state index in [-0.39, 0.29) is 0 Å². The lowest BCUT2D eigenvalue weighted by Gasteiger charge is -2.43. The lowest BCUT2D eigenvalue weighted by molar-refractivity contribution is -0.469. The molecule has 0 aliphatic heterocycles. The standard InChI is InChI=1S/C32H14F38N2O4/c33-15(34,17(37,38)19(41,42)21(45,46)23(49,50)25(53,54)27(57,58)29(61,62)31(65,66)67)7-73-9-75-11-1-3-71-13(5-11)14-6-12(2-4-72-14)76-10-74-8-16(35,36)18(39,40)20(43,44)22(47,48)24(51,52)26(55,56)28(59,60)30(63,64)32(68,69)70/h1-6H,7-10H2. The Kier molecular flexibility index (Phi) is 17.3. The van der Waals surface area contributed by atoms with Gasteiger partial charge in [0.1, 0.15) is 24.7 Å².